The molecule has 0 aliphatic heterocycles. The third kappa shape index (κ3) is 19.0. The first-order valence-corrected chi connectivity index (χ1v) is 3.16. The zero-order chi connectivity index (χ0) is 11.0. The second-order valence-corrected chi connectivity index (χ2v) is 1.99. The van der Waals surface area contributed by atoms with Gasteiger partial charge in [-0.25, -0.2) is 4.79 Å². The number of ketones is 1. The number of aliphatic carboxylic acids is 2. The molecule has 92 valence electrons. The van der Waals surface area contributed by atoms with Crippen LogP contribution in [0.25, 0.3) is 0 Å². The van der Waals surface area contributed by atoms with Crippen LogP contribution in [0.3, 0.4) is 0 Å². The molecule has 9 heteroatoms. The maximum atomic E-state index is 9.65. The summed E-state index contributed by atoms with van der Waals surface area (Å²) in [4.78, 5) is 28.5. The normalized spacial score (nSPS) is 9.27. The molecule has 0 amide bonds. The number of hydrogen-bond acceptors (Lipinski definition) is 6. The van der Waals surface area contributed by atoms with E-state index in [0.717, 1.165) is 6.92 Å². The Kier molecular flexibility index (Phi) is 19.4. The summed E-state index contributed by atoms with van der Waals surface area (Å²) >= 11 is 0. The van der Waals surface area contributed by atoms with Gasteiger partial charge < -0.3 is 32.7 Å². The second kappa shape index (κ2) is 12.4. The van der Waals surface area contributed by atoms with E-state index >= 15 is 0 Å². The fourth-order valence-corrected chi connectivity index (χ4v) is 0.0781. The average molecular weight is 228 g/mol. The number of carboxylic acids is 2. The van der Waals surface area contributed by atoms with E-state index in [9.17, 15) is 14.4 Å². The van der Waals surface area contributed by atoms with Gasteiger partial charge in [-0.05, 0) is 0 Å². The Morgan fingerprint density at radius 1 is 1.27 bits per heavy atom. The lowest BCUT2D eigenvalue weighted by Crippen LogP contribution is -2.33. The van der Waals surface area contributed by atoms with Crippen molar-refractivity contribution < 1.29 is 35.2 Å². The third-order valence-electron chi connectivity index (χ3n) is 0.815. The number of aliphatic hydroxyl groups excluding tert-OH is 1. The number of carbonyl (C=O) groups is 3. The van der Waals surface area contributed by atoms with Crippen LogP contribution in [0.1, 0.15) is 6.92 Å². The van der Waals surface area contributed by atoms with Gasteiger partial charge in [0.05, 0.1) is 6.61 Å². The Balaban J connectivity index is -0.0000000718. The number of hydrogen-bond donors (Lipinski definition) is 5. The summed E-state index contributed by atoms with van der Waals surface area (Å²) in [6, 6.07) is -1.13. The fourth-order valence-electron chi connectivity index (χ4n) is 0.0781. The predicted molar refractivity (Wildman–Crippen MR) is 49.6 cm³/mol. The first-order valence-electron chi connectivity index (χ1n) is 3.16. The Labute approximate surface area is 85.4 Å². The Morgan fingerprint density at radius 3 is 1.53 bits per heavy atom. The molecule has 0 aliphatic rings. The van der Waals surface area contributed by atoms with Crippen LogP contribution in [-0.2, 0) is 14.4 Å². The summed E-state index contributed by atoms with van der Waals surface area (Å²) in [5.74, 6) is -3.38. The van der Waals surface area contributed by atoms with Gasteiger partial charge in [0.25, 0.3) is 0 Å². The minimum absolute atomic E-state index is 0. The van der Waals surface area contributed by atoms with Crippen LogP contribution in [0.4, 0.5) is 0 Å². The zero-order valence-electron chi connectivity index (χ0n) is 8.14. The zero-order valence-corrected chi connectivity index (χ0v) is 8.14. The van der Waals surface area contributed by atoms with E-state index in [1.54, 1.807) is 0 Å². The molecule has 1 atom stereocenters. The highest BCUT2D eigenvalue weighted by Gasteiger charge is 2.07. The van der Waals surface area contributed by atoms with Gasteiger partial charge in [0, 0.05) is 6.92 Å². The molecule has 9 nitrogen and oxygen atoms in total. The number of rotatable bonds is 3. The van der Waals surface area contributed by atoms with Gasteiger partial charge in [0.15, 0.2) is 0 Å². The van der Waals surface area contributed by atoms with Gasteiger partial charge in [0.2, 0.25) is 5.78 Å². The SMILES string of the molecule is CC(=O)C(=O)O.N.NC(CO)C(=O)O.O. The molecule has 0 bridgehead atoms. The fraction of sp³-hybridized carbons (Fsp3) is 0.500. The van der Waals surface area contributed by atoms with Crippen molar-refractivity contribution in [2.24, 2.45) is 5.73 Å². The van der Waals surface area contributed by atoms with Crippen molar-refractivity contribution in [1.29, 1.82) is 0 Å². The van der Waals surface area contributed by atoms with Crippen molar-refractivity contribution in [2.75, 3.05) is 6.61 Å². The largest absolute Gasteiger partial charge is 0.480 e. The molecule has 1 unspecified atom stereocenters. The van der Waals surface area contributed by atoms with Gasteiger partial charge in [-0.2, -0.15) is 0 Å². The van der Waals surface area contributed by atoms with E-state index in [0.29, 0.717) is 0 Å². The van der Waals surface area contributed by atoms with Crippen LogP contribution in [0.2, 0.25) is 0 Å². The van der Waals surface area contributed by atoms with Crippen LogP contribution in [0.15, 0.2) is 0 Å². The van der Waals surface area contributed by atoms with Crippen LogP contribution in [-0.4, -0.2) is 51.2 Å². The topological polar surface area (TPSA) is 204 Å². The lowest BCUT2D eigenvalue weighted by Gasteiger charge is -1.96. The molecular formula is C6H16N2O7. The molecule has 0 rings (SSSR count). The lowest BCUT2D eigenvalue weighted by molar-refractivity contribution is -0.148. The second-order valence-electron chi connectivity index (χ2n) is 1.99. The molecule has 0 spiro atoms. The molecule has 0 radical (unpaired) electrons. The Morgan fingerprint density at radius 2 is 1.53 bits per heavy atom. The highest BCUT2D eigenvalue weighted by atomic mass is 16.4. The van der Waals surface area contributed by atoms with Crippen LogP contribution >= 0.6 is 0 Å². The average Bonchev–Trinajstić information content (AvgIpc) is 2.03. The van der Waals surface area contributed by atoms with Gasteiger partial charge in [-0.15, -0.1) is 0 Å². The van der Waals surface area contributed by atoms with Gasteiger partial charge >= 0.3 is 11.9 Å². The maximum Gasteiger partial charge on any atom is 0.371 e. The van der Waals surface area contributed by atoms with Crippen molar-refractivity contribution in [3.8, 4) is 0 Å². The molecular weight excluding hydrogens is 212 g/mol. The molecule has 0 aromatic carbocycles. The van der Waals surface area contributed by atoms with Crippen molar-refractivity contribution in [3.63, 3.8) is 0 Å². The van der Waals surface area contributed by atoms with E-state index in [-0.39, 0.29) is 11.6 Å². The van der Waals surface area contributed by atoms with E-state index < -0.39 is 30.4 Å². The van der Waals surface area contributed by atoms with Gasteiger partial charge in [-0.1, -0.05) is 0 Å². The van der Waals surface area contributed by atoms with Crippen LogP contribution in [0, 0.1) is 0 Å². The molecule has 0 aromatic heterocycles. The summed E-state index contributed by atoms with van der Waals surface area (Å²) in [6.45, 7) is 0.498. The van der Waals surface area contributed by atoms with E-state index in [1.165, 1.54) is 0 Å². The number of Topliss-reactive ketones (excluding diaryl/α,β-unsaturated/α-hetero) is 1. The first-order chi connectivity index (χ1) is 5.82. The van der Waals surface area contributed by atoms with Crippen LogP contribution < -0.4 is 11.9 Å². The molecule has 15 heavy (non-hydrogen) atoms. The molecule has 0 saturated carbocycles. The number of nitrogens with two attached hydrogens (primary N) is 1. The van der Waals surface area contributed by atoms with Crippen LogP contribution in [0.5, 0.6) is 0 Å². The van der Waals surface area contributed by atoms with Crippen molar-refractivity contribution >= 4 is 17.7 Å². The molecule has 0 aromatic rings. The highest BCUT2D eigenvalue weighted by molar-refractivity contribution is 6.31. The maximum absolute atomic E-state index is 9.65. The molecule has 10 N–H and O–H groups in total. The summed E-state index contributed by atoms with van der Waals surface area (Å²) in [7, 11) is 0. The van der Waals surface area contributed by atoms with Crippen molar-refractivity contribution in [3.05, 3.63) is 0 Å². The molecule has 0 aliphatic carbocycles. The Hall–Kier alpha value is -1.55. The monoisotopic (exact) mass is 228 g/mol. The molecule has 0 saturated heterocycles. The smallest absolute Gasteiger partial charge is 0.371 e. The number of carbonyl (C=O) groups excluding carboxylic acids is 1. The van der Waals surface area contributed by atoms with Crippen molar-refractivity contribution in [1.82, 2.24) is 6.15 Å². The number of carboxylic acid groups (broad SMARTS) is 2. The predicted octanol–water partition coefficient (Wildman–Crippen LogP) is -2.61. The first kappa shape index (κ1) is 23.3. The van der Waals surface area contributed by atoms with Gasteiger partial charge in [-0.3, -0.25) is 9.59 Å². The lowest BCUT2D eigenvalue weighted by atomic mass is 10.3. The van der Waals surface area contributed by atoms with Gasteiger partial charge in [0.1, 0.15) is 6.04 Å². The van der Waals surface area contributed by atoms with Crippen molar-refractivity contribution in [2.45, 2.75) is 13.0 Å². The quantitative estimate of drug-likeness (QED) is 0.322. The number of aliphatic hydroxyl groups is 1. The summed E-state index contributed by atoms with van der Waals surface area (Å²) < 4.78 is 0. The standard InChI is InChI=1S/C3H7NO3.C3H4O3.H3N.H2O/c4-2(1-5)3(6)7;1-2(4)3(5)6;;/h2,5H,1,4H2,(H,6,7);1H3,(H,5,6);1H3;1H2. The highest BCUT2D eigenvalue weighted by Crippen LogP contribution is 1.71. The molecule has 0 heterocycles. The Bertz CT molecular complexity index is 194. The summed E-state index contributed by atoms with van der Waals surface area (Å²) in [5.41, 5.74) is 4.77. The minimum atomic E-state index is -1.38. The van der Waals surface area contributed by atoms with E-state index in [2.05, 4.69) is 0 Å². The van der Waals surface area contributed by atoms with E-state index in [4.69, 9.17) is 21.1 Å². The van der Waals surface area contributed by atoms with E-state index in [1.807, 2.05) is 0 Å². The third-order valence-corrected chi connectivity index (χ3v) is 0.815. The molecule has 0 fully saturated rings. The summed E-state index contributed by atoms with van der Waals surface area (Å²) in [6.07, 6.45) is 0. The minimum Gasteiger partial charge on any atom is -0.480 e. The summed E-state index contributed by atoms with van der Waals surface area (Å²) in [5, 5.41) is 23.5.